The summed E-state index contributed by atoms with van der Waals surface area (Å²) in [6.07, 6.45) is -2.45. The normalized spacial score (nSPS) is 25.0. The Bertz CT molecular complexity index is 1250. The number of rotatable bonds is 7. The van der Waals surface area contributed by atoms with Crippen molar-refractivity contribution in [2.45, 2.75) is 24.5 Å². The van der Waals surface area contributed by atoms with Gasteiger partial charge in [-0.1, -0.05) is 12.2 Å². The summed E-state index contributed by atoms with van der Waals surface area (Å²) < 4.78 is 29.2. The van der Waals surface area contributed by atoms with Crippen LogP contribution in [-0.4, -0.2) is 64.5 Å². The molecule has 1 aliphatic rings. The first kappa shape index (κ1) is 22.4. The number of nitrogens with zero attached hydrogens (tertiary/aromatic N) is 4. The highest BCUT2D eigenvalue weighted by atomic mass is 32.1. The zero-order valence-corrected chi connectivity index (χ0v) is 17.6. The van der Waals surface area contributed by atoms with E-state index >= 15 is 0 Å². The van der Waals surface area contributed by atoms with Crippen molar-refractivity contribution < 1.29 is 38.4 Å². The number of phosphoric acid groups is 1. The lowest BCUT2D eigenvalue weighted by molar-refractivity contribution is -0.384. The van der Waals surface area contributed by atoms with E-state index in [0.29, 0.717) is 11.2 Å². The Morgan fingerprint density at radius 3 is 2.69 bits per heavy atom. The number of nitrogens with one attached hydrogen (secondary N) is 1. The Hall–Kier alpha value is -2.78. The van der Waals surface area contributed by atoms with Gasteiger partial charge in [-0.3, -0.25) is 24.1 Å². The first-order valence-corrected chi connectivity index (χ1v) is 10.9. The van der Waals surface area contributed by atoms with Crippen molar-refractivity contribution in [1.82, 2.24) is 19.5 Å². The summed E-state index contributed by atoms with van der Waals surface area (Å²) in [5.74, 6) is -0.138. The van der Waals surface area contributed by atoms with Gasteiger partial charge in [0.1, 0.15) is 35.2 Å². The van der Waals surface area contributed by atoms with Gasteiger partial charge < -0.3 is 24.5 Å². The predicted molar refractivity (Wildman–Crippen MR) is 108 cm³/mol. The maximum atomic E-state index is 12.2. The molecule has 4 rings (SSSR count). The van der Waals surface area contributed by atoms with E-state index in [4.69, 9.17) is 26.0 Å². The topological polar surface area (TPSA) is 195 Å². The average Bonchev–Trinajstić information content (AvgIpc) is 3.29. The summed E-state index contributed by atoms with van der Waals surface area (Å²) in [7, 11) is -4.67. The van der Waals surface area contributed by atoms with Gasteiger partial charge in [-0.15, -0.1) is 0 Å². The number of aromatic amines is 1. The van der Waals surface area contributed by atoms with Crippen molar-refractivity contribution in [3.8, 4) is 5.75 Å². The van der Waals surface area contributed by atoms with Crippen LogP contribution in [0, 0.1) is 14.8 Å². The zero-order chi connectivity index (χ0) is 23.0. The summed E-state index contributed by atoms with van der Waals surface area (Å²) in [4.78, 5) is 30.8. The van der Waals surface area contributed by atoms with E-state index in [1.807, 2.05) is 0 Å². The molecule has 3 heterocycles. The number of imidazole rings is 1. The molecule has 16 heteroatoms. The van der Waals surface area contributed by atoms with E-state index in [-0.39, 0.29) is 16.1 Å². The highest BCUT2D eigenvalue weighted by Crippen LogP contribution is 2.45. The van der Waals surface area contributed by atoms with Gasteiger partial charge in [0, 0.05) is 12.1 Å². The Kier molecular flexibility index (Phi) is 6.05. The molecule has 1 fully saturated rings. The number of H-pyrrole nitrogens is 1. The molecular formula is C16H16N5O9PS. The van der Waals surface area contributed by atoms with Gasteiger partial charge >= 0.3 is 7.82 Å². The van der Waals surface area contributed by atoms with Gasteiger partial charge in [0.15, 0.2) is 10.9 Å². The number of aliphatic hydroxyl groups is 2. The lowest BCUT2D eigenvalue weighted by Crippen LogP contribution is -2.33. The molecule has 0 aliphatic carbocycles. The van der Waals surface area contributed by atoms with E-state index in [9.17, 15) is 29.8 Å². The summed E-state index contributed by atoms with van der Waals surface area (Å²) in [5, 5.41) is 31.4. The minimum absolute atomic E-state index is 0.138. The number of hydrogen-bond donors (Lipinski definition) is 4. The van der Waals surface area contributed by atoms with Crippen LogP contribution in [0.1, 0.15) is 6.23 Å². The van der Waals surface area contributed by atoms with Crippen molar-refractivity contribution in [2.24, 2.45) is 0 Å². The molecule has 1 aromatic carbocycles. The lowest BCUT2D eigenvalue weighted by Gasteiger charge is -2.18. The molecule has 5 atom stereocenters. The Morgan fingerprint density at radius 1 is 1.28 bits per heavy atom. The quantitative estimate of drug-likeness (QED) is 0.162. The molecule has 0 saturated carbocycles. The van der Waals surface area contributed by atoms with Crippen LogP contribution in [0.15, 0.2) is 36.9 Å². The summed E-state index contributed by atoms with van der Waals surface area (Å²) in [6, 6.07) is 4.45. The molecule has 2 aromatic heterocycles. The molecular weight excluding hydrogens is 469 g/mol. The van der Waals surface area contributed by atoms with Gasteiger partial charge in [0.2, 0.25) is 0 Å². The largest absolute Gasteiger partial charge is 0.527 e. The minimum atomic E-state index is -4.67. The molecule has 170 valence electrons. The summed E-state index contributed by atoms with van der Waals surface area (Å²) in [6.45, 7) is -0.598. The second-order valence-corrected chi connectivity index (χ2v) is 8.47. The third kappa shape index (κ3) is 4.40. The monoisotopic (exact) mass is 485 g/mol. The molecule has 1 aliphatic heterocycles. The fourth-order valence-electron chi connectivity index (χ4n) is 3.12. The van der Waals surface area contributed by atoms with Crippen molar-refractivity contribution in [1.29, 1.82) is 0 Å². The number of phosphoric ester groups is 1. The fraction of sp³-hybridized carbons (Fsp3) is 0.312. The average molecular weight is 485 g/mol. The molecule has 0 bridgehead atoms. The number of ether oxygens (including phenoxy) is 1. The zero-order valence-electron chi connectivity index (χ0n) is 15.9. The second-order valence-electron chi connectivity index (χ2n) is 6.71. The number of non-ortho nitro benzene ring substituents is 1. The number of aliphatic hydroxyl groups excluding tert-OH is 2. The highest BCUT2D eigenvalue weighted by Gasteiger charge is 2.45. The molecule has 32 heavy (non-hydrogen) atoms. The van der Waals surface area contributed by atoms with Gasteiger partial charge in [0.25, 0.3) is 5.69 Å². The van der Waals surface area contributed by atoms with E-state index < -0.39 is 43.9 Å². The number of hydrogen-bond acceptors (Lipinski definition) is 11. The van der Waals surface area contributed by atoms with E-state index in [1.165, 1.54) is 17.2 Å². The van der Waals surface area contributed by atoms with E-state index in [1.54, 1.807) is 0 Å². The highest BCUT2D eigenvalue weighted by molar-refractivity contribution is 7.71. The standard InChI is InChI=1S/C16H16N5O9PS/c22-12-10(5-28-31(26,27)30-9-3-1-8(2-4-9)21(24)25)29-16(13(12)23)20-7-19-11-14(20)17-6-18-15(11)32/h1-4,6-7,10,12-13,16,22-23H,5H2,(H,26,27)(H,17,18,32). The second kappa shape index (κ2) is 8.63. The first-order valence-electron chi connectivity index (χ1n) is 8.99. The van der Waals surface area contributed by atoms with Crippen LogP contribution in [0.4, 0.5) is 5.69 Å². The van der Waals surface area contributed by atoms with Crippen molar-refractivity contribution in [3.05, 3.63) is 51.7 Å². The minimum Gasteiger partial charge on any atom is -0.404 e. The van der Waals surface area contributed by atoms with Gasteiger partial charge in [-0.2, -0.15) is 0 Å². The van der Waals surface area contributed by atoms with Crippen molar-refractivity contribution >= 4 is 36.9 Å². The number of aromatic nitrogens is 4. The van der Waals surface area contributed by atoms with Gasteiger partial charge in [-0.25, -0.2) is 14.5 Å². The summed E-state index contributed by atoms with van der Waals surface area (Å²) in [5.41, 5.74) is 0.540. The lowest BCUT2D eigenvalue weighted by atomic mass is 10.1. The van der Waals surface area contributed by atoms with Gasteiger partial charge in [0.05, 0.1) is 24.2 Å². The molecule has 4 N–H and O–H groups in total. The van der Waals surface area contributed by atoms with Crippen LogP contribution in [0.2, 0.25) is 0 Å². The first-order chi connectivity index (χ1) is 15.2. The Balaban J connectivity index is 1.43. The van der Waals surface area contributed by atoms with Crippen LogP contribution < -0.4 is 4.52 Å². The van der Waals surface area contributed by atoms with Crippen LogP contribution in [0.25, 0.3) is 11.2 Å². The van der Waals surface area contributed by atoms with Crippen molar-refractivity contribution in [3.63, 3.8) is 0 Å². The molecule has 14 nitrogen and oxygen atoms in total. The van der Waals surface area contributed by atoms with Gasteiger partial charge in [-0.05, 0) is 12.1 Å². The van der Waals surface area contributed by atoms with Crippen LogP contribution >= 0.6 is 20.0 Å². The van der Waals surface area contributed by atoms with E-state index in [2.05, 4.69) is 15.0 Å². The molecule has 0 spiro atoms. The third-order valence-corrected chi connectivity index (χ3v) is 5.88. The number of fused-ring (bicyclic) bond motifs is 1. The van der Waals surface area contributed by atoms with E-state index in [0.717, 1.165) is 24.3 Å². The molecule has 0 amide bonds. The molecule has 1 saturated heterocycles. The van der Waals surface area contributed by atoms with Crippen LogP contribution in [0.3, 0.4) is 0 Å². The Labute approximate surface area is 183 Å². The summed E-state index contributed by atoms with van der Waals surface area (Å²) >= 11 is 5.09. The number of nitro groups is 1. The van der Waals surface area contributed by atoms with Crippen molar-refractivity contribution in [2.75, 3.05) is 6.61 Å². The molecule has 3 aromatic rings. The number of nitro benzene ring substituents is 1. The van der Waals surface area contributed by atoms with Crippen LogP contribution in [0.5, 0.6) is 5.75 Å². The SMILES string of the molecule is O=[N+]([O-])c1ccc(OP(=O)(O)OCC2OC(n3cnc4c(=S)nc[nH]c43)C(O)C2O)cc1. The van der Waals surface area contributed by atoms with Crippen LogP contribution in [-0.2, 0) is 13.8 Å². The molecule has 5 unspecified atom stereocenters. The fourth-order valence-corrected chi connectivity index (χ4v) is 4.10. The molecule has 0 radical (unpaired) electrons. The Morgan fingerprint density at radius 2 is 2.00 bits per heavy atom. The maximum absolute atomic E-state index is 12.2. The smallest absolute Gasteiger partial charge is 0.404 e. The maximum Gasteiger partial charge on any atom is 0.527 e. The predicted octanol–water partition coefficient (Wildman–Crippen LogP) is 1.21. The third-order valence-electron chi connectivity index (χ3n) is 4.66. The number of benzene rings is 1.